The van der Waals surface area contributed by atoms with Crippen LogP contribution < -0.4 is 4.74 Å². The van der Waals surface area contributed by atoms with E-state index in [0.717, 1.165) is 25.3 Å². The molecule has 0 amide bonds. The number of rotatable bonds is 6. The van der Waals surface area contributed by atoms with Crippen molar-refractivity contribution in [3.05, 3.63) is 29.3 Å². The monoisotopic (exact) mass is 297 g/mol. The Morgan fingerprint density at radius 3 is 2.70 bits per heavy atom. The fourth-order valence-electron chi connectivity index (χ4n) is 2.58. The molecule has 1 heterocycles. The smallest absolute Gasteiger partial charge is 0.308 e. The summed E-state index contributed by atoms with van der Waals surface area (Å²) < 4.78 is 5.62. The van der Waals surface area contributed by atoms with Gasteiger partial charge in [-0.15, -0.1) is 0 Å². The lowest BCUT2D eigenvalue weighted by Crippen LogP contribution is -2.25. The predicted octanol–water partition coefficient (Wildman–Crippen LogP) is 2.76. The molecule has 1 aromatic carbocycles. The number of carboxylic acid groups (broad SMARTS) is 1. The van der Waals surface area contributed by atoms with Crippen LogP contribution in [0.15, 0.2) is 24.3 Å². The summed E-state index contributed by atoms with van der Waals surface area (Å²) in [7, 11) is 0. The highest BCUT2D eigenvalue weighted by molar-refractivity contribution is 6.30. The van der Waals surface area contributed by atoms with Crippen molar-refractivity contribution in [3.8, 4) is 5.75 Å². The van der Waals surface area contributed by atoms with Crippen LogP contribution in [0.25, 0.3) is 0 Å². The summed E-state index contributed by atoms with van der Waals surface area (Å²) in [5.41, 5.74) is 0. The molecule has 4 nitrogen and oxygen atoms in total. The highest BCUT2D eigenvalue weighted by atomic mass is 35.5. The minimum Gasteiger partial charge on any atom is -0.494 e. The first-order chi connectivity index (χ1) is 9.56. The summed E-state index contributed by atoms with van der Waals surface area (Å²) in [6.07, 6.45) is 0.891. The zero-order valence-electron chi connectivity index (χ0n) is 11.6. The van der Waals surface area contributed by atoms with Crippen molar-refractivity contribution in [3.63, 3.8) is 0 Å². The molecule has 1 saturated heterocycles. The van der Waals surface area contributed by atoms with Gasteiger partial charge in [-0.2, -0.15) is 0 Å². The number of hydrogen-bond acceptors (Lipinski definition) is 3. The maximum atomic E-state index is 11.0. The quantitative estimate of drug-likeness (QED) is 0.820. The zero-order chi connectivity index (χ0) is 14.5. The molecular weight excluding hydrogens is 278 g/mol. The molecule has 1 aliphatic rings. The SMILES string of the molecule is CC1CN(CCCOc2ccc(Cl)cc2)CC1C(=O)O. The second kappa shape index (κ2) is 6.95. The van der Waals surface area contributed by atoms with Crippen molar-refractivity contribution in [2.45, 2.75) is 13.3 Å². The van der Waals surface area contributed by atoms with Gasteiger partial charge in [0.25, 0.3) is 0 Å². The van der Waals surface area contributed by atoms with E-state index in [1.165, 1.54) is 0 Å². The molecular formula is C15H20ClNO3. The Labute approximate surface area is 124 Å². The highest BCUT2D eigenvalue weighted by Gasteiger charge is 2.34. The maximum Gasteiger partial charge on any atom is 0.308 e. The number of likely N-dealkylation sites (tertiary alicyclic amines) is 1. The minimum atomic E-state index is -0.683. The number of nitrogens with zero attached hydrogens (tertiary/aromatic N) is 1. The van der Waals surface area contributed by atoms with E-state index in [1.807, 2.05) is 19.1 Å². The number of carbonyl (C=O) groups is 1. The van der Waals surface area contributed by atoms with E-state index in [-0.39, 0.29) is 11.8 Å². The van der Waals surface area contributed by atoms with E-state index >= 15 is 0 Å². The molecule has 0 aromatic heterocycles. The summed E-state index contributed by atoms with van der Waals surface area (Å²) in [6.45, 7) is 5.02. The Bertz CT molecular complexity index is 449. The number of benzene rings is 1. The summed E-state index contributed by atoms with van der Waals surface area (Å²) in [4.78, 5) is 13.2. The van der Waals surface area contributed by atoms with Gasteiger partial charge in [-0.05, 0) is 36.6 Å². The molecule has 110 valence electrons. The molecule has 0 radical (unpaired) electrons. The van der Waals surface area contributed by atoms with Crippen molar-refractivity contribution in [2.75, 3.05) is 26.2 Å². The molecule has 0 spiro atoms. The molecule has 0 bridgehead atoms. The third-order valence-corrected chi connectivity index (χ3v) is 3.96. The molecule has 1 aliphatic heterocycles. The fourth-order valence-corrected chi connectivity index (χ4v) is 2.71. The fraction of sp³-hybridized carbons (Fsp3) is 0.533. The third kappa shape index (κ3) is 4.12. The van der Waals surface area contributed by atoms with Crippen LogP contribution in [0.5, 0.6) is 5.75 Å². The molecule has 1 fully saturated rings. The normalized spacial score (nSPS) is 22.9. The van der Waals surface area contributed by atoms with Crippen LogP contribution >= 0.6 is 11.6 Å². The second-order valence-corrected chi connectivity index (χ2v) is 5.77. The Hall–Kier alpha value is -1.26. The predicted molar refractivity (Wildman–Crippen MR) is 78.3 cm³/mol. The molecule has 0 saturated carbocycles. The van der Waals surface area contributed by atoms with Crippen LogP contribution in [0.4, 0.5) is 0 Å². The topological polar surface area (TPSA) is 49.8 Å². The minimum absolute atomic E-state index is 0.227. The molecule has 2 unspecified atom stereocenters. The lowest BCUT2D eigenvalue weighted by atomic mass is 9.99. The first-order valence-corrected chi connectivity index (χ1v) is 7.27. The van der Waals surface area contributed by atoms with Crippen molar-refractivity contribution >= 4 is 17.6 Å². The molecule has 2 atom stereocenters. The van der Waals surface area contributed by atoms with Crippen LogP contribution in [0.2, 0.25) is 5.02 Å². The molecule has 2 rings (SSSR count). The average Bonchev–Trinajstić information content (AvgIpc) is 2.78. The van der Waals surface area contributed by atoms with Crippen LogP contribution in [0.1, 0.15) is 13.3 Å². The largest absolute Gasteiger partial charge is 0.494 e. The number of halogens is 1. The van der Waals surface area contributed by atoms with Crippen molar-refractivity contribution in [1.82, 2.24) is 4.90 Å². The van der Waals surface area contributed by atoms with Gasteiger partial charge in [0.1, 0.15) is 5.75 Å². The number of hydrogen-bond donors (Lipinski definition) is 1. The number of carboxylic acids is 1. The van der Waals surface area contributed by atoms with Gasteiger partial charge >= 0.3 is 5.97 Å². The Morgan fingerprint density at radius 2 is 2.10 bits per heavy atom. The van der Waals surface area contributed by atoms with Crippen LogP contribution in [-0.4, -0.2) is 42.2 Å². The van der Waals surface area contributed by atoms with E-state index < -0.39 is 5.97 Å². The summed E-state index contributed by atoms with van der Waals surface area (Å²) in [6, 6.07) is 7.30. The standard InChI is InChI=1S/C15H20ClNO3/c1-11-9-17(10-14(11)15(18)19)7-2-8-20-13-5-3-12(16)4-6-13/h3-6,11,14H,2,7-10H2,1H3,(H,18,19). The molecule has 20 heavy (non-hydrogen) atoms. The van der Waals surface area contributed by atoms with Gasteiger partial charge in [-0.3, -0.25) is 4.79 Å². The van der Waals surface area contributed by atoms with E-state index in [2.05, 4.69) is 4.90 Å². The lowest BCUT2D eigenvalue weighted by molar-refractivity contribution is -0.142. The zero-order valence-corrected chi connectivity index (χ0v) is 12.3. The van der Waals surface area contributed by atoms with Gasteiger partial charge in [0.2, 0.25) is 0 Å². The van der Waals surface area contributed by atoms with Crippen LogP contribution in [-0.2, 0) is 4.79 Å². The van der Waals surface area contributed by atoms with Gasteiger partial charge in [0.05, 0.1) is 12.5 Å². The van der Waals surface area contributed by atoms with E-state index in [1.54, 1.807) is 12.1 Å². The van der Waals surface area contributed by atoms with Crippen molar-refractivity contribution in [2.24, 2.45) is 11.8 Å². The molecule has 1 N–H and O–H groups in total. The first-order valence-electron chi connectivity index (χ1n) is 6.90. The van der Waals surface area contributed by atoms with Crippen LogP contribution in [0.3, 0.4) is 0 Å². The van der Waals surface area contributed by atoms with Gasteiger partial charge < -0.3 is 14.7 Å². The van der Waals surface area contributed by atoms with Gasteiger partial charge in [0, 0.05) is 24.7 Å². The van der Waals surface area contributed by atoms with Crippen LogP contribution in [0, 0.1) is 11.8 Å². The lowest BCUT2D eigenvalue weighted by Gasteiger charge is -2.15. The second-order valence-electron chi connectivity index (χ2n) is 5.34. The maximum absolute atomic E-state index is 11.0. The Kier molecular flexibility index (Phi) is 5.26. The van der Waals surface area contributed by atoms with E-state index in [0.29, 0.717) is 18.2 Å². The number of aliphatic carboxylic acids is 1. The van der Waals surface area contributed by atoms with E-state index in [4.69, 9.17) is 21.4 Å². The Balaban J connectivity index is 1.67. The summed E-state index contributed by atoms with van der Waals surface area (Å²) >= 11 is 5.80. The third-order valence-electron chi connectivity index (χ3n) is 3.71. The first kappa shape index (κ1) is 15.1. The molecule has 0 aliphatic carbocycles. The molecule has 5 heteroatoms. The number of ether oxygens (including phenoxy) is 1. The summed E-state index contributed by atoms with van der Waals surface area (Å²) in [5, 5.41) is 9.78. The van der Waals surface area contributed by atoms with E-state index in [9.17, 15) is 4.79 Å². The van der Waals surface area contributed by atoms with Gasteiger partial charge in [-0.1, -0.05) is 18.5 Å². The van der Waals surface area contributed by atoms with Crippen molar-refractivity contribution < 1.29 is 14.6 Å². The Morgan fingerprint density at radius 1 is 1.40 bits per heavy atom. The average molecular weight is 298 g/mol. The summed E-state index contributed by atoms with van der Waals surface area (Å²) in [5.74, 6) is 0.127. The van der Waals surface area contributed by atoms with Gasteiger partial charge in [0.15, 0.2) is 0 Å². The highest BCUT2D eigenvalue weighted by Crippen LogP contribution is 2.23. The molecule has 1 aromatic rings. The van der Waals surface area contributed by atoms with Crippen molar-refractivity contribution in [1.29, 1.82) is 0 Å². The van der Waals surface area contributed by atoms with Gasteiger partial charge in [-0.25, -0.2) is 0 Å².